The lowest BCUT2D eigenvalue weighted by Gasteiger charge is -2.13. The molecule has 0 N–H and O–H groups in total. The Morgan fingerprint density at radius 1 is 1.20 bits per heavy atom. The summed E-state index contributed by atoms with van der Waals surface area (Å²) in [6.45, 7) is 0. The first-order chi connectivity index (χ1) is 6.77. The van der Waals surface area contributed by atoms with E-state index in [1.807, 2.05) is 0 Å². The van der Waals surface area contributed by atoms with Gasteiger partial charge in [-0.3, -0.25) is 0 Å². The van der Waals surface area contributed by atoms with E-state index < -0.39 is 23.8 Å². The fraction of sp³-hybridized carbons (Fsp3) is 0.429. The number of hydrogen-bond acceptors (Lipinski definition) is 3. The zero-order chi connectivity index (χ0) is 11.7. The van der Waals surface area contributed by atoms with Crippen molar-refractivity contribution >= 4 is 0 Å². The predicted molar refractivity (Wildman–Crippen MR) is 37.9 cm³/mol. The second kappa shape index (κ2) is 3.69. The van der Waals surface area contributed by atoms with Gasteiger partial charge < -0.3 is 4.74 Å². The minimum absolute atomic E-state index is 0.495. The van der Waals surface area contributed by atoms with E-state index in [2.05, 4.69) is 14.7 Å². The van der Waals surface area contributed by atoms with Crippen molar-refractivity contribution in [3.8, 4) is 0 Å². The fourth-order valence-corrected chi connectivity index (χ4v) is 0.748. The number of nitrogens with zero attached hydrogens (tertiary/aromatic N) is 2. The smallest absolute Gasteiger partial charge is 0.317 e. The molecule has 0 fully saturated rings. The normalized spacial score (nSPS) is 12.9. The van der Waals surface area contributed by atoms with Crippen molar-refractivity contribution in [2.75, 3.05) is 7.11 Å². The molecule has 8 heteroatoms. The van der Waals surface area contributed by atoms with Gasteiger partial charge in [-0.25, -0.2) is 9.97 Å². The fourth-order valence-electron chi connectivity index (χ4n) is 0.748. The SMILES string of the molecule is COC(F)(F)c1nccc(C(F)(F)F)n1. The molecule has 0 radical (unpaired) electrons. The molecule has 1 aromatic rings. The van der Waals surface area contributed by atoms with Gasteiger partial charge in [0, 0.05) is 13.3 Å². The maximum atomic E-state index is 12.7. The Morgan fingerprint density at radius 2 is 1.80 bits per heavy atom. The van der Waals surface area contributed by atoms with E-state index in [-0.39, 0.29) is 0 Å². The number of alkyl halides is 5. The zero-order valence-corrected chi connectivity index (χ0v) is 7.35. The van der Waals surface area contributed by atoms with Crippen molar-refractivity contribution in [3.63, 3.8) is 0 Å². The van der Waals surface area contributed by atoms with Crippen LogP contribution < -0.4 is 0 Å². The number of methoxy groups -OCH3 is 1. The molecule has 0 atom stereocenters. The highest BCUT2D eigenvalue weighted by Gasteiger charge is 2.39. The molecule has 84 valence electrons. The Hall–Kier alpha value is -1.31. The second-order valence-corrected chi connectivity index (χ2v) is 2.48. The summed E-state index contributed by atoms with van der Waals surface area (Å²) in [5, 5.41) is 0. The van der Waals surface area contributed by atoms with Crippen molar-refractivity contribution in [1.82, 2.24) is 9.97 Å². The van der Waals surface area contributed by atoms with Crippen LogP contribution in [-0.4, -0.2) is 17.1 Å². The van der Waals surface area contributed by atoms with Crippen molar-refractivity contribution in [1.29, 1.82) is 0 Å². The molecule has 0 aliphatic carbocycles. The molecule has 0 unspecified atom stereocenters. The van der Waals surface area contributed by atoms with Crippen LogP contribution in [0.15, 0.2) is 12.3 Å². The van der Waals surface area contributed by atoms with Gasteiger partial charge in [-0.15, -0.1) is 0 Å². The van der Waals surface area contributed by atoms with Crippen LogP contribution in [0.1, 0.15) is 11.5 Å². The lowest BCUT2D eigenvalue weighted by Crippen LogP contribution is -2.22. The van der Waals surface area contributed by atoms with Gasteiger partial charge >= 0.3 is 12.3 Å². The highest BCUT2D eigenvalue weighted by atomic mass is 19.4. The maximum absolute atomic E-state index is 12.7. The van der Waals surface area contributed by atoms with Gasteiger partial charge in [0.2, 0.25) is 5.82 Å². The summed E-state index contributed by atoms with van der Waals surface area (Å²) >= 11 is 0. The molecule has 3 nitrogen and oxygen atoms in total. The lowest BCUT2D eigenvalue weighted by atomic mass is 10.4. The van der Waals surface area contributed by atoms with Crippen LogP contribution in [-0.2, 0) is 17.0 Å². The van der Waals surface area contributed by atoms with Crippen LogP contribution in [0.3, 0.4) is 0 Å². The average Bonchev–Trinajstić information content (AvgIpc) is 2.17. The maximum Gasteiger partial charge on any atom is 0.433 e. The summed E-state index contributed by atoms with van der Waals surface area (Å²) in [7, 11) is 0.642. The number of aromatic nitrogens is 2. The second-order valence-electron chi connectivity index (χ2n) is 2.48. The Labute approximate surface area is 80.9 Å². The molecule has 0 saturated heterocycles. The first-order valence-corrected chi connectivity index (χ1v) is 3.61. The minimum Gasteiger partial charge on any atom is -0.317 e. The third kappa shape index (κ3) is 2.58. The van der Waals surface area contributed by atoms with Gasteiger partial charge in [-0.1, -0.05) is 0 Å². The minimum atomic E-state index is -4.79. The van der Waals surface area contributed by atoms with Gasteiger partial charge in [0.25, 0.3) is 0 Å². The highest BCUT2D eigenvalue weighted by Crippen LogP contribution is 2.30. The first-order valence-electron chi connectivity index (χ1n) is 3.61. The topological polar surface area (TPSA) is 35.0 Å². The number of ether oxygens (including phenoxy) is 1. The van der Waals surface area contributed by atoms with Crippen LogP contribution >= 0.6 is 0 Å². The number of halogens is 5. The Balaban J connectivity index is 3.14. The summed E-state index contributed by atoms with van der Waals surface area (Å²) < 4.78 is 65.4. The molecule has 0 amide bonds. The molecule has 0 aliphatic rings. The molecular weight excluding hydrogens is 223 g/mol. The van der Waals surface area contributed by atoms with Crippen LogP contribution in [0.2, 0.25) is 0 Å². The quantitative estimate of drug-likeness (QED) is 0.728. The largest absolute Gasteiger partial charge is 0.433 e. The van der Waals surface area contributed by atoms with E-state index >= 15 is 0 Å². The van der Waals surface area contributed by atoms with Crippen molar-refractivity contribution in [2.24, 2.45) is 0 Å². The number of hydrogen-bond donors (Lipinski definition) is 0. The van der Waals surface area contributed by atoms with E-state index in [9.17, 15) is 22.0 Å². The van der Waals surface area contributed by atoms with E-state index in [0.29, 0.717) is 19.4 Å². The van der Waals surface area contributed by atoms with Gasteiger partial charge in [-0.2, -0.15) is 22.0 Å². The molecule has 0 aliphatic heterocycles. The third-order valence-corrected chi connectivity index (χ3v) is 1.46. The highest BCUT2D eigenvalue weighted by molar-refractivity contribution is 5.07. The zero-order valence-electron chi connectivity index (χ0n) is 7.35. The Bertz CT molecular complexity index is 351. The summed E-state index contributed by atoms with van der Waals surface area (Å²) in [4.78, 5) is 5.68. The lowest BCUT2D eigenvalue weighted by molar-refractivity contribution is -0.238. The predicted octanol–water partition coefficient (Wildman–Crippen LogP) is 2.19. The molecule has 0 bridgehead atoms. The Kier molecular flexibility index (Phi) is 2.89. The van der Waals surface area contributed by atoms with Crippen molar-refractivity contribution in [3.05, 3.63) is 23.8 Å². The van der Waals surface area contributed by atoms with E-state index in [0.717, 1.165) is 0 Å². The van der Waals surface area contributed by atoms with Crippen molar-refractivity contribution < 1.29 is 26.7 Å². The molecule has 1 rings (SSSR count). The molecule has 1 heterocycles. The van der Waals surface area contributed by atoms with Gasteiger partial charge in [0.1, 0.15) is 5.69 Å². The Morgan fingerprint density at radius 3 is 2.27 bits per heavy atom. The van der Waals surface area contributed by atoms with Gasteiger partial charge in [-0.05, 0) is 6.07 Å². The van der Waals surface area contributed by atoms with E-state index in [4.69, 9.17) is 0 Å². The van der Waals surface area contributed by atoms with Gasteiger partial charge in [0.05, 0.1) is 0 Å². The standard InChI is InChI=1S/C7H5F5N2O/c1-15-7(11,12)5-13-3-2-4(14-5)6(8,9)10/h2-3H,1H3. The monoisotopic (exact) mass is 228 g/mol. The van der Waals surface area contributed by atoms with E-state index in [1.54, 1.807) is 0 Å². The summed E-state index contributed by atoms with van der Waals surface area (Å²) in [6.07, 6.45) is -8.12. The van der Waals surface area contributed by atoms with Crippen LogP contribution in [0, 0.1) is 0 Å². The molecule has 0 spiro atoms. The summed E-state index contributed by atoms with van der Waals surface area (Å²) in [5.74, 6) is -1.32. The van der Waals surface area contributed by atoms with Crippen LogP contribution in [0.4, 0.5) is 22.0 Å². The first kappa shape index (κ1) is 11.8. The van der Waals surface area contributed by atoms with Crippen LogP contribution in [0.25, 0.3) is 0 Å². The summed E-state index contributed by atoms with van der Waals surface area (Å²) in [5.41, 5.74) is -1.44. The van der Waals surface area contributed by atoms with Crippen LogP contribution in [0.5, 0.6) is 0 Å². The van der Waals surface area contributed by atoms with E-state index in [1.165, 1.54) is 0 Å². The van der Waals surface area contributed by atoms with Gasteiger partial charge in [0.15, 0.2) is 0 Å². The average molecular weight is 228 g/mol. The molecule has 0 aromatic carbocycles. The molecular formula is C7H5F5N2O. The summed E-state index contributed by atoms with van der Waals surface area (Å²) in [6, 6.07) is 0.495. The molecule has 1 aromatic heterocycles. The third-order valence-electron chi connectivity index (χ3n) is 1.46. The van der Waals surface area contributed by atoms with Crippen molar-refractivity contribution in [2.45, 2.75) is 12.3 Å². The number of rotatable bonds is 2. The molecule has 0 saturated carbocycles. The molecule has 15 heavy (non-hydrogen) atoms.